The molecule has 0 heterocycles. The Morgan fingerprint density at radius 2 is 1.95 bits per heavy atom. The molecule has 0 fully saturated rings. The van der Waals surface area contributed by atoms with Crippen molar-refractivity contribution in [1.82, 2.24) is 5.32 Å². The molecule has 1 rings (SSSR count). The minimum Gasteiger partial charge on any atom is -0.478 e. The number of hydrogen-bond donors (Lipinski definition) is 2. The normalized spacial score (nSPS) is 11.6. The molecule has 0 aliphatic heterocycles. The maximum Gasteiger partial charge on any atom is 0.328 e. The first kappa shape index (κ1) is 14.9. The second-order valence-electron chi connectivity index (χ2n) is 5.11. The van der Waals surface area contributed by atoms with Gasteiger partial charge < -0.3 is 10.4 Å². The van der Waals surface area contributed by atoms with Gasteiger partial charge in [-0.05, 0) is 39.0 Å². The molecular formula is C14H16FNO3. The highest BCUT2D eigenvalue weighted by atomic mass is 19.1. The highest BCUT2D eigenvalue weighted by Gasteiger charge is 2.16. The van der Waals surface area contributed by atoms with E-state index in [9.17, 15) is 14.0 Å². The molecule has 1 aromatic rings. The Balaban J connectivity index is 2.94. The summed E-state index contributed by atoms with van der Waals surface area (Å²) in [6.45, 7) is 5.47. The molecule has 4 nitrogen and oxygen atoms in total. The SMILES string of the molecule is CC(C)(C)NC(=O)c1ccc(C=CC(=O)O)c(F)c1. The fourth-order valence-corrected chi connectivity index (χ4v) is 1.38. The minimum absolute atomic E-state index is 0.120. The highest BCUT2D eigenvalue weighted by molar-refractivity contribution is 5.95. The minimum atomic E-state index is -1.16. The van der Waals surface area contributed by atoms with Gasteiger partial charge in [0.2, 0.25) is 0 Å². The molecule has 0 spiro atoms. The van der Waals surface area contributed by atoms with Crippen LogP contribution in [0.25, 0.3) is 6.08 Å². The van der Waals surface area contributed by atoms with Gasteiger partial charge in [0.05, 0.1) is 0 Å². The number of nitrogens with one attached hydrogen (secondary N) is 1. The van der Waals surface area contributed by atoms with Crippen LogP contribution in [0.5, 0.6) is 0 Å². The average molecular weight is 265 g/mol. The third-order valence-electron chi connectivity index (χ3n) is 2.16. The van der Waals surface area contributed by atoms with Crippen LogP contribution < -0.4 is 5.32 Å². The van der Waals surface area contributed by atoms with Crippen LogP contribution in [0.3, 0.4) is 0 Å². The summed E-state index contributed by atoms with van der Waals surface area (Å²) < 4.78 is 13.7. The Labute approximate surface area is 110 Å². The largest absolute Gasteiger partial charge is 0.478 e. The number of carbonyl (C=O) groups is 2. The van der Waals surface area contributed by atoms with Crippen molar-refractivity contribution < 1.29 is 19.1 Å². The van der Waals surface area contributed by atoms with E-state index >= 15 is 0 Å². The maximum absolute atomic E-state index is 13.7. The molecular weight excluding hydrogens is 249 g/mol. The van der Waals surface area contributed by atoms with Crippen molar-refractivity contribution in [3.63, 3.8) is 0 Å². The predicted octanol–water partition coefficient (Wildman–Crippen LogP) is 2.45. The van der Waals surface area contributed by atoms with E-state index in [-0.39, 0.29) is 17.0 Å². The van der Waals surface area contributed by atoms with E-state index in [0.717, 1.165) is 18.2 Å². The fraction of sp³-hybridized carbons (Fsp3) is 0.286. The summed E-state index contributed by atoms with van der Waals surface area (Å²) in [4.78, 5) is 22.1. The summed E-state index contributed by atoms with van der Waals surface area (Å²) in [5.41, 5.74) is -0.0928. The number of amides is 1. The zero-order valence-corrected chi connectivity index (χ0v) is 11.0. The van der Waals surface area contributed by atoms with Crippen LogP contribution in [0.2, 0.25) is 0 Å². The Bertz CT molecular complexity index is 530. The molecule has 0 bridgehead atoms. The molecule has 5 heteroatoms. The summed E-state index contributed by atoms with van der Waals surface area (Å²) in [6.07, 6.45) is 1.98. The van der Waals surface area contributed by atoms with Crippen molar-refractivity contribution in [2.24, 2.45) is 0 Å². The maximum atomic E-state index is 13.7. The Kier molecular flexibility index (Phi) is 4.43. The third kappa shape index (κ3) is 4.91. The first-order chi connectivity index (χ1) is 8.69. The summed E-state index contributed by atoms with van der Waals surface area (Å²) in [7, 11) is 0. The number of rotatable bonds is 3. The van der Waals surface area contributed by atoms with Gasteiger partial charge in [-0.3, -0.25) is 4.79 Å². The standard InChI is InChI=1S/C14H16FNO3/c1-14(2,3)16-13(19)10-5-4-9(11(15)8-10)6-7-12(17)18/h4-8H,1-3H3,(H,16,19)(H,17,18). The number of halogens is 1. The summed E-state index contributed by atoms with van der Waals surface area (Å²) in [5, 5.41) is 11.2. The fourth-order valence-electron chi connectivity index (χ4n) is 1.38. The molecule has 0 aliphatic rings. The summed E-state index contributed by atoms with van der Waals surface area (Å²) in [5.74, 6) is -2.17. The van der Waals surface area contributed by atoms with Crippen molar-refractivity contribution in [1.29, 1.82) is 0 Å². The second-order valence-corrected chi connectivity index (χ2v) is 5.11. The van der Waals surface area contributed by atoms with Crippen LogP contribution in [0, 0.1) is 5.82 Å². The average Bonchev–Trinajstić information content (AvgIpc) is 2.24. The van der Waals surface area contributed by atoms with Crippen LogP contribution in [0.4, 0.5) is 4.39 Å². The second kappa shape index (κ2) is 5.65. The lowest BCUT2D eigenvalue weighted by Gasteiger charge is -2.20. The lowest BCUT2D eigenvalue weighted by Crippen LogP contribution is -2.40. The van der Waals surface area contributed by atoms with E-state index in [2.05, 4.69) is 5.32 Å². The lowest BCUT2D eigenvalue weighted by molar-refractivity contribution is -0.131. The number of aliphatic carboxylic acids is 1. The smallest absolute Gasteiger partial charge is 0.328 e. The quantitative estimate of drug-likeness (QED) is 0.825. The molecule has 19 heavy (non-hydrogen) atoms. The van der Waals surface area contributed by atoms with Gasteiger partial charge in [-0.2, -0.15) is 0 Å². The van der Waals surface area contributed by atoms with E-state index in [1.807, 2.05) is 20.8 Å². The molecule has 0 atom stereocenters. The topological polar surface area (TPSA) is 66.4 Å². The molecule has 0 saturated heterocycles. The van der Waals surface area contributed by atoms with Gasteiger partial charge in [0, 0.05) is 22.7 Å². The first-order valence-electron chi connectivity index (χ1n) is 5.72. The molecule has 1 aromatic carbocycles. The lowest BCUT2D eigenvalue weighted by atomic mass is 10.1. The van der Waals surface area contributed by atoms with Crippen LogP contribution in [-0.4, -0.2) is 22.5 Å². The van der Waals surface area contributed by atoms with Crippen LogP contribution >= 0.6 is 0 Å². The van der Waals surface area contributed by atoms with Crippen LogP contribution in [-0.2, 0) is 4.79 Å². The Morgan fingerprint density at radius 1 is 1.32 bits per heavy atom. The van der Waals surface area contributed by atoms with Crippen LogP contribution in [0.1, 0.15) is 36.7 Å². The van der Waals surface area contributed by atoms with Crippen LogP contribution in [0.15, 0.2) is 24.3 Å². The van der Waals surface area contributed by atoms with Crippen molar-refractivity contribution >= 4 is 18.0 Å². The Hall–Kier alpha value is -2.17. The molecule has 2 N–H and O–H groups in total. The van der Waals surface area contributed by atoms with E-state index in [4.69, 9.17) is 5.11 Å². The molecule has 0 aliphatic carbocycles. The van der Waals surface area contributed by atoms with Crippen molar-refractivity contribution in [2.75, 3.05) is 0 Å². The first-order valence-corrected chi connectivity index (χ1v) is 5.72. The molecule has 0 unspecified atom stereocenters. The van der Waals surface area contributed by atoms with Crippen molar-refractivity contribution in [3.05, 3.63) is 41.2 Å². The van der Waals surface area contributed by atoms with Gasteiger partial charge in [0.25, 0.3) is 5.91 Å². The van der Waals surface area contributed by atoms with Gasteiger partial charge in [-0.15, -0.1) is 0 Å². The van der Waals surface area contributed by atoms with E-state index in [0.29, 0.717) is 0 Å². The number of benzene rings is 1. The zero-order chi connectivity index (χ0) is 14.6. The number of hydrogen-bond acceptors (Lipinski definition) is 2. The van der Waals surface area contributed by atoms with Crippen molar-refractivity contribution in [2.45, 2.75) is 26.3 Å². The summed E-state index contributed by atoms with van der Waals surface area (Å²) >= 11 is 0. The molecule has 0 saturated carbocycles. The Morgan fingerprint density at radius 3 is 2.42 bits per heavy atom. The molecule has 102 valence electrons. The van der Waals surface area contributed by atoms with E-state index in [1.165, 1.54) is 12.1 Å². The number of carboxylic acid groups (broad SMARTS) is 1. The highest BCUT2D eigenvalue weighted by Crippen LogP contribution is 2.13. The van der Waals surface area contributed by atoms with E-state index in [1.54, 1.807) is 0 Å². The molecule has 1 amide bonds. The van der Waals surface area contributed by atoms with Gasteiger partial charge in [-0.25, -0.2) is 9.18 Å². The van der Waals surface area contributed by atoms with Gasteiger partial charge in [0.1, 0.15) is 5.82 Å². The van der Waals surface area contributed by atoms with Gasteiger partial charge >= 0.3 is 5.97 Å². The zero-order valence-electron chi connectivity index (χ0n) is 11.0. The van der Waals surface area contributed by atoms with Gasteiger partial charge in [-0.1, -0.05) is 6.07 Å². The summed E-state index contributed by atoms with van der Waals surface area (Å²) in [6, 6.07) is 3.90. The molecule has 0 aromatic heterocycles. The van der Waals surface area contributed by atoms with E-state index < -0.39 is 17.3 Å². The van der Waals surface area contributed by atoms with Gasteiger partial charge in [0.15, 0.2) is 0 Å². The van der Waals surface area contributed by atoms with Crippen molar-refractivity contribution in [3.8, 4) is 0 Å². The number of carbonyl (C=O) groups excluding carboxylic acids is 1. The predicted molar refractivity (Wildman–Crippen MR) is 70.3 cm³/mol. The number of carboxylic acids is 1. The third-order valence-corrected chi connectivity index (χ3v) is 2.16. The monoisotopic (exact) mass is 265 g/mol. The molecule has 0 radical (unpaired) electrons.